The molecular formula is C23H28N2O2. The van der Waals surface area contributed by atoms with Crippen molar-refractivity contribution < 1.29 is 9.53 Å². The van der Waals surface area contributed by atoms with Gasteiger partial charge in [-0.05, 0) is 43.0 Å². The summed E-state index contributed by atoms with van der Waals surface area (Å²) in [5, 5.41) is 0. The van der Waals surface area contributed by atoms with Gasteiger partial charge in [0.15, 0.2) is 5.78 Å². The van der Waals surface area contributed by atoms with Crippen LogP contribution in [-0.4, -0.2) is 50.5 Å². The predicted octanol–water partition coefficient (Wildman–Crippen LogP) is 3.65. The lowest BCUT2D eigenvalue weighted by Gasteiger charge is -2.37. The quantitative estimate of drug-likeness (QED) is 0.811. The number of Topliss-reactive ketones (excluding diaryl/α,β-unsaturated/α-hetero) is 1. The van der Waals surface area contributed by atoms with Crippen LogP contribution in [0.15, 0.2) is 48.5 Å². The molecule has 4 rings (SSSR count). The SMILES string of the molecule is COc1ccccc1N1CCN(CCC2CC(=O)c3ccccc3C2)CC1. The largest absolute Gasteiger partial charge is 0.495 e. The summed E-state index contributed by atoms with van der Waals surface area (Å²) in [6.07, 6.45) is 2.86. The van der Waals surface area contributed by atoms with Crippen LogP contribution in [0.4, 0.5) is 5.69 Å². The Kier molecular flexibility index (Phi) is 5.44. The first-order valence-electron chi connectivity index (χ1n) is 9.96. The lowest BCUT2D eigenvalue weighted by molar-refractivity contribution is 0.0941. The van der Waals surface area contributed by atoms with Crippen LogP contribution in [0, 0.1) is 5.92 Å². The zero-order chi connectivity index (χ0) is 18.6. The van der Waals surface area contributed by atoms with Crippen LogP contribution >= 0.6 is 0 Å². The monoisotopic (exact) mass is 364 g/mol. The van der Waals surface area contributed by atoms with Crippen molar-refractivity contribution in [1.82, 2.24) is 4.90 Å². The summed E-state index contributed by atoms with van der Waals surface area (Å²) in [4.78, 5) is 17.3. The zero-order valence-electron chi connectivity index (χ0n) is 16.1. The second kappa shape index (κ2) is 8.13. The number of carbonyl (C=O) groups excluding carboxylic acids is 1. The van der Waals surface area contributed by atoms with Gasteiger partial charge in [0.25, 0.3) is 0 Å². The van der Waals surface area contributed by atoms with E-state index in [4.69, 9.17) is 4.74 Å². The number of ketones is 1. The summed E-state index contributed by atoms with van der Waals surface area (Å²) in [6.45, 7) is 5.25. The number of benzene rings is 2. The first kappa shape index (κ1) is 18.1. The minimum absolute atomic E-state index is 0.322. The number of ether oxygens (including phenoxy) is 1. The van der Waals surface area contributed by atoms with Crippen molar-refractivity contribution >= 4 is 11.5 Å². The van der Waals surface area contributed by atoms with Gasteiger partial charge >= 0.3 is 0 Å². The normalized spacial score (nSPS) is 20.4. The van der Waals surface area contributed by atoms with Gasteiger partial charge in [0.05, 0.1) is 12.8 Å². The molecule has 0 saturated carbocycles. The third kappa shape index (κ3) is 4.01. The third-order valence-corrected chi connectivity index (χ3v) is 5.95. The molecule has 0 radical (unpaired) electrons. The number of hydrogen-bond acceptors (Lipinski definition) is 4. The maximum absolute atomic E-state index is 12.4. The van der Waals surface area contributed by atoms with Gasteiger partial charge in [-0.3, -0.25) is 9.69 Å². The van der Waals surface area contributed by atoms with Crippen molar-refractivity contribution in [3.63, 3.8) is 0 Å². The molecule has 1 aliphatic carbocycles. The minimum atomic E-state index is 0.322. The summed E-state index contributed by atoms with van der Waals surface area (Å²) in [5.74, 6) is 1.76. The van der Waals surface area contributed by atoms with E-state index in [0.29, 0.717) is 18.1 Å². The van der Waals surface area contributed by atoms with E-state index in [2.05, 4.69) is 28.0 Å². The van der Waals surface area contributed by atoms with E-state index < -0.39 is 0 Å². The van der Waals surface area contributed by atoms with Crippen LogP contribution < -0.4 is 9.64 Å². The maximum atomic E-state index is 12.4. The maximum Gasteiger partial charge on any atom is 0.163 e. The zero-order valence-corrected chi connectivity index (χ0v) is 16.1. The Balaban J connectivity index is 1.29. The highest BCUT2D eigenvalue weighted by Gasteiger charge is 2.26. The Hall–Kier alpha value is -2.33. The van der Waals surface area contributed by atoms with Crippen LogP contribution in [0.3, 0.4) is 0 Å². The molecule has 0 spiro atoms. The van der Waals surface area contributed by atoms with E-state index >= 15 is 0 Å². The molecule has 1 heterocycles. The van der Waals surface area contributed by atoms with E-state index in [1.807, 2.05) is 30.3 Å². The molecule has 27 heavy (non-hydrogen) atoms. The Bertz CT molecular complexity index is 796. The van der Waals surface area contributed by atoms with Crippen molar-refractivity contribution in [3.8, 4) is 5.75 Å². The molecule has 4 heteroatoms. The predicted molar refractivity (Wildman–Crippen MR) is 109 cm³/mol. The van der Waals surface area contributed by atoms with Gasteiger partial charge in [0, 0.05) is 38.2 Å². The second-order valence-electron chi connectivity index (χ2n) is 7.64. The van der Waals surface area contributed by atoms with Crippen molar-refractivity contribution in [1.29, 1.82) is 0 Å². The standard InChI is InChI=1S/C23H28N2O2/c1-27-23-9-5-4-8-21(23)25-14-12-24(13-15-25)11-10-18-16-19-6-2-3-7-20(19)22(26)17-18/h2-9,18H,10-17H2,1H3. The van der Waals surface area contributed by atoms with Gasteiger partial charge in [-0.15, -0.1) is 0 Å². The summed E-state index contributed by atoms with van der Waals surface area (Å²) < 4.78 is 5.50. The smallest absolute Gasteiger partial charge is 0.163 e. The Labute approximate surface area is 161 Å². The average Bonchev–Trinajstić information content (AvgIpc) is 2.73. The molecule has 1 fully saturated rings. The number of nitrogens with zero attached hydrogens (tertiary/aromatic N) is 2. The number of hydrogen-bond donors (Lipinski definition) is 0. The van der Waals surface area contributed by atoms with Gasteiger partial charge in [0.1, 0.15) is 5.75 Å². The van der Waals surface area contributed by atoms with Crippen LogP contribution in [-0.2, 0) is 6.42 Å². The molecule has 1 atom stereocenters. The van der Waals surface area contributed by atoms with E-state index in [-0.39, 0.29) is 0 Å². The van der Waals surface area contributed by atoms with Crippen LogP contribution in [0.25, 0.3) is 0 Å². The molecule has 0 bridgehead atoms. The number of carbonyl (C=O) groups is 1. The Morgan fingerprint density at radius 3 is 2.52 bits per heavy atom. The molecule has 2 aliphatic rings. The highest BCUT2D eigenvalue weighted by Crippen LogP contribution is 2.30. The number of anilines is 1. The molecule has 142 valence electrons. The van der Waals surface area contributed by atoms with Crippen LogP contribution in [0.2, 0.25) is 0 Å². The minimum Gasteiger partial charge on any atom is -0.495 e. The summed E-state index contributed by atoms with van der Waals surface area (Å²) in [6, 6.07) is 16.4. The highest BCUT2D eigenvalue weighted by molar-refractivity contribution is 5.98. The Morgan fingerprint density at radius 1 is 0.963 bits per heavy atom. The van der Waals surface area contributed by atoms with Crippen molar-refractivity contribution in [2.75, 3.05) is 44.7 Å². The average molecular weight is 364 g/mol. The van der Waals surface area contributed by atoms with Crippen molar-refractivity contribution in [2.45, 2.75) is 19.3 Å². The molecule has 1 aliphatic heterocycles. The number of para-hydroxylation sites is 2. The molecule has 1 unspecified atom stereocenters. The highest BCUT2D eigenvalue weighted by atomic mass is 16.5. The van der Waals surface area contributed by atoms with Crippen LogP contribution in [0.1, 0.15) is 28.8 Å². The molecule has 1 saturated heterocycles. The number of piperazine rings is 1. The number of methoxy groups -OCH3 is 1. The number of rotatable bonds is 5. The van der Waals surface area contributed by atoms with Gasteiger partial charge in [-0.25, -0.2) is 0 Å². The van der Waals surface area contributed by atoms with Gasteiger partial charge in [-0.2, -0.15) is 0 Å². The van der Waals surface area contributed by atoms with Gasteiger partial charge in [0.2, 0.25) is 0 Å². The molecular weight excluding hydrogens is 336 g/mol. The lowest BCUT2D eigenvalue weighted by atomic mass is 9.81. The van der Waals surface area contributed by atoms with E-state index in [1.54, 1.807) is 7.11 Å². The fourth-order valence-electron chi connectivity index (χ4n) is 4.40. The molecule has 0 amide bonds. The van der Waals surface area contributed by atoms with Gasteiger partial charge in [-0.1, -0.05) is 36.4 Å². The molecule has 0 aromatic heterocycles. The first-order chi connectivity index (χ1) is 13.2. The molecule has 2 aromatic rings. The first-order valence-corrected chi connectivity index (χ1v) is 9.96. The third-order valence-electron chi connectivity index (χ3n) is 5.95. The van der Waals surface area contributed by atoms with Crippen molar-refractivity contribution in [3.05, 3.63) is 59.7 Å². The fourth-order valence-corrected chi connectivity index (χ4v) is 4.40. The lowest BCUT2D eigenvalue weighted by Crippen LogP contribution is -2.47. The fraction of sp³-hybridized carbons (Fsp3) is 0.435. The Morgan fingerprint density at radius 2 is 1.70 bits per heavy atom. The molecule has 4 nitrogen and oxygen atoms in total. The van der Waals surface area contributed by atoms with E-state index in [0.717, 1.165) is 56.9 Å². The summed E-state index contributed by atoms with van der Waals surface area (Å²) in [7, 11) is 1.73. The van der Waals surface area contributed by atoms with Gasteiger partial charge < -0.3 is 9.64 Å². The van der Waals surface area contributed by atoms with Crippen LogP contribution in [0.5, 0.6) is 5.75 Å². The number of fused-ring (bicyclic) bond motifs is 1. The molecule has 0 N–H and O–H groups in total. The van der Waals surface area contributed by atoms with E-state index in [1.165, 1.54) is 11.3 Å². The van der Waals surface area contributed by atoms with E-state index in [9.17, 15) is 4.79 Å². The summed E-state index contributed by atoms with van der Waals surface area (Å²) in [5.41, 5.74) is 3.37. The molecule has 2 aromatic carbocycles. The second-order valence-corrected chi connectivity index (χ2v) is 7.64. The topological polar surface area (TPSA) is 32.8 Å². The summed E-state index contributed by atoms with van der Waals surface area (Å²) >= 11 is 0. The van der Waals surface area contributed by atoms with Crippen molar-refractivity contribution in [2.24, 2.45) is 5.92 Å².